The molecular formula is C12H15N5OS. The predicted molar refractivity (Wildman–Crippen MR) is 73.9 cm³/mol. The van der Waals surface area contributed by atoms with E-state index in [1.54, 1.807) is 0 Å². The van der Waals surface area contributed by atoms with Gasteiger partial charge in [0.2, 0.25) is 0 Å². The minimum atomic E-state index is 0.0825. The predicted octanol–water partition coefficient (Wildman–Crippen LogP) is 0.816. The molecule has 1 aromatic heterocycles. The maximum Gasteiger partial charge on any atom is 0.131 e. The van der Waals surface area contributed by atoms with Crippen LogP contribution in [0.3, 0.4) is 0 Å². The molecule has 1 atom stereocenters. The number of anilines is 2. The number of hydrogen-bond donors (Lipinski definition) is 2. The van der Waals surface area contributed by atoms with E-state index in [0.717, 1.165) is 13.1 Å². The van der Waals surface area contributed by atoms with Gasteiger partial charge < -0.3 is 20.7 Å². The molecule has 3 N–H and O–H groups in total. The molecule has 6 nitrogen and oxygen atoms in total. The van der Waals surface area contributed by atoms with Gasteiger partial charge in [0, 0.05) is 19.6 Å². The first-order valence-corrected chi connectivity index (χ1v) is 6.73. The van der Waals surface area contributed by atoms with Crippen molar-refractivity contribution in [2.75, 3.05) is 44.3 Å². The molecule has 7 heteroatoms. The van der Waals surface area contributed by atoms with Gasteiger partial charge in [0.15, 0.2) is 0 Å². The van der Waals surface area contributed by atoms with Gasteiger partial charge in [0.1, 0.15) is 27.6 Å². The largest absolute Gasteiger partial charge is 0.396 e. The van der Waals surface area contributed by atoms with Crippen molar-refractivity contribution in [2.45, 2.75) is 6.10 Å². The number of nitrogens with zero attached hydrogens (tertiary/aromatic N) is 3. The molecule has 2 rings (SSSR count). The molecule has 0 aliphatic carbocycles. The van der Waals surface area contributed by atoms with Gasteiger partial charge in [-0.1, -0.05) is 0 Å². The Balaban J connectivity index is 2.04. The summed E-state index contributed by atoms with van der Waals surface area (Å²) in [6.45, 7) is 3.10. The fourth-order valence-electron chi connectivity index (χ4n) is 1.96. The van der Waals surface area contributed by atoms with Crippen molar-refractivity contribution in [3.8, 4) is 12.1 Å². The highest BCUT2D eigenvalue weighted by Gasteiger charge is 2.20. The molecule has 0 amide bonds. The third-order valence-corrected chi connectivity index (χ3v) is 4.06. The maximum atomic E-state index is 9.07. The van der Waals surface area contributed by atoms with Crippen molar-refractivity contribution in [1.82, 2.24) is 4.90 Å². The molecule has 0 radical (unpaired) electrons. The summed E-state index contributed by atoms with van der Waals surface area (Å²) in [6, 6.07) is 4.03. The standard InChI is InChI=1S/C12H15N5OS/c1-17-2-3-18-8(7-17)6-16-12-9(4-13)11(15)10(5-14)19-12/h8,16H,2-3,6-7,15H2,1H3. The fraction of sp³-hybridized carbons (Fsp3) is 0.500. The topological polar surface area (TPSA) is 98.1 Å². The fourth-order valence-corrected chi connectivity index (χ4v) is 2.83. The van der Waals surface area contributed by atoms with Crippen LogP contribution < -0.4 is 11.1 Å². The Morgan fingerprint density at radius 2 is 2.32 bits per heavy atom. The van der Waals surface area contributed by atoms with Crippen molar-refractivity contribution in [1.29, 1.82) is 10.5 Å². The van der Waals surface area contributed by atoms with Crippen LogP contribution in [0.25, 0.3) is 0 Å². The maximum absolute atomic E-state index is 9.07. The lowest BCUT2D eigenvalue weighted by atomic mass is 10.2. The van der Waals surface area contributed by atoms with Crippen LogP contribution in [0, 0.1) is 22.7 Å². The number of ether oxygens (including phenoxy) is 1. The van der Waals surface area contributed by atoms with Gasteiger partial charge in [-0.05, 0) is 7.05 Å². The van der Waals surface area contributed by atoms with Gasteiger partial charge in [0.25, 0.3) is 0 Å². The summed E-state index contributed by atoms with van der Waals surface area (Å²) >= 11 is 1.21. The van der Waals surface area contributed by atoms with Crippen molar-refractivity contribution in [3.63, 3.8) is 0 Å². The molecule has 19 heavy (non-hydrogen) atoms. The van der Waals surface area contributed by atoms with Crippen LogP contribution in [0.15, 0.2) is 0 Å². The van der Waals surface area contributed by atoms with Gasteiger partial charge in [-0.2, -0.15) is 10.5 Å². The van der Waals surface area contributed by atoms with Crippen LogP contribution in [0.2, 0.25) is 0 Å². The number of likely N-dealkylation sites (N-methyl/N-ethyl adjacent to an activating group) is 1. The Morgan fingerprint density at radius 3 is 2.95 bits per heavy atom. The van der Waals surface area contributed by atoms with Crippen LogP contribution in [0.1, 0.15) is 10.4 Å². The van der Waals surface area contributed by atoms with Crippen LogP contribution in [-0.2, 0) is 4.74 Å². The molecular weight excluding hydrogens is 262 g/mol. The smallest absolute Gasteiger partial charge is 0.131 e. The summed E-state index contributed by atoms with van der Waals surface area (Å²) in [6.07, 6.45) is 0.0825. The zero-order chi connectivity index (χ0) is 13.8. The quantitative estimate of drug-likeness (QED) is 0.848. The lowest BCUT2D eigenvalue weighted by Crippen LogP contribution is -2.43. The summed E-state index contributed by atoms with van der Waals surface area (Å²) in [5.74, 6) is 0. The molecule has 1 saturated heterocycles. The minimum absolute atomic E-state index is 0.0825. The SMILES string of the molecule is CN1CCOC(CNc2sc(C#N)c(N)c2C#N)C1. The second-order valence-electron chi connectivity index (χ2n) is 4.41. The van der Waals surface area contributed by atoms with E-state index in [2.05, 4.69) is 10.2 Å². The third-order valence-electron chi connectivity index (χ3n) is 2.99. The molecule has 0 bridgehead atoms. The molecule has 1 unspecified atom stereocenters. The van der Waals surface area contributed by atoms with E-state index in [4.69, 9.17) is 21.0 Å². The summed E-state index contributed by atoms with van der Waals surface area (Å²) in [5.41, 5.74) is 6.36. The van der Waals surface area contributed by atoms with Crippen molar-refractivity contribution in [2.24, 2.45) is 0 Å². The number of nitriles is 2. The number of nitrogens with two attached hydrogens (primary N) is 1. The Morgan fingerprint density at radius 1 is 1.53 bits per heavy atom. The first-order chi connectivity index (χ1) is 9.15. The van der Waals surface area contributed by atoms with Gasteiger partial charge >= 0.3 is 0 Å². The minimum Gasteiger partial charge on any atom is -0.396 e. The van der Waals surface area contributed by atoms with E-state index in [1.807, 2.05) is 19.2 Å². The van der Waals surface area contributed by atoms with E-state index < -0.39 is 0 Å². The summed E-state index contributed by atoms with van der Waals surface area (Å²) < 4.78 is 5.63. The molecule has 1 aliphatic rings. The van der Waals surface area contributed by atoms with Crippen LogP contribution in [0.4, 0.5) is 10.7 Å². The van der Waals surface area contributed by atoms with Gasteiger partial charge in [0.05, 0.1) is 18.4 Å². The molecule has 1 aromatic rings. The normalized spacial score (nSPS) is 19.6. The van der Waals surface area contributed by atoms with Crippen molar-refractivity contribution < 1.29 is 4.74 Å². The third kappa shape index (κ3) is 2.96. The zero-order valence-electron chi connectivity index (χ0n) is 10.6. The van der Waals surface area contributed by atoms with E-state index in [-0.39, 0.29) is 11.8 Å². The van der Waals surface area contributed by atoms with Gasteiger partial charge in [-0.25, -0.2) is 0 Å². The summed E-state index contributed by atoms with van der Waals surface area (Å²) in [4.78, 5) is 2.57. The second-order valence-corrected chi connectivity index (χ2v) is 5.43. The van der Waals surface area contributed by atoms with Crippen LogP contribution in [-0.4, -0.2) is 44.3 Å². The summed E-state index contributed by atoms with van der Waals surface area (Å²) in [5, 5.41) is 21.8. The number of morpholine rings is 1. The van der Waals surface area contributed by atoms with Crippen molar-refractivity contribution in [3.05, 3.63) is 10.4 Å². The van der Waals surface area contributed by atoms with E-state index in [1.165, 1.54) is 11.3 Å². The Bertz CT molecular complexity index is 542. The first kappa shape index (κ1) is 13.6. The average molecular weight is 277 g/mol. The number of thiophene rings is 1. The van der Waals surface area contributed by atoms with E-state index in [0.29, 0.717) is 28.6 Å². The molecule has 0 spiro atoms. The van der Waals surface area contributed by atoms with Crippen LogP contribution >= 0.6 is 11.3 Å². The van der Waals surface area contributed by atoms with Gasteiger partial charge in [-0.3, -0.25) is 0 Å². The van der Waals surface area contributed by atoms with Crippen molar-refractivity contribution >= 4 is 22.0 Å². The molecule has 2 heterocycles. The molecule has 0 aromatic carbocycles. The highest BCUT2D eigenvalue weighted by Crippen LogP contribution is 2.34. The Labute approximate surface area is 116 Å². The Hall–Kier alpha value is -1.80. The Kier molecular flexibility index (Phi) is 4.23. The number of rotatable bonds is 3. The molecule has 100 valence electrons. The number of nitrogen functional groups attached to an aromatic ring is 1. The number of nitrogens with one attached hydrogen (secondary N) is 1. The monoisotopic (exact) mass is 277 g/mol. The zero-order valence-corrected chi connectivity index (χ0v) is 11.5. The lowest BCUT2D eigenvalue weighted by Gasteiger charge is -2.30. The first-order valence-electron chi connectivity index (χ1n) is 5.92. The highest BCUT2D eigenvalue weighted by molar-refractivity contribution is 7.17. The molecule has 1 aliphatic heterocycles. The number of hydrogen-bond acceptors (Lipinski definition) is 7. The molecule has 1 fully saturated rings. The molecule has 0 saturated carbocycles. The van der Waals surface area contributed by atoms with Crippen LogP contribution in [0.5, 0.6) is 0 Å². The van der Waals surface area contributed by atoms with E-state index in [9.17, 15) is 0 Å². The average Bonchev–Trinajstić information content (AvgIpc) is 2.72. The van der Waals surface area contributed by atoms with E-state index >= 15 is 0 Å². The summed E-state index contributed by atoms with van der Waals surface area (Å²) in [7, 11) is 2.05. The highest BCUT2D eigenvalue weighted by atomic mass is 32.1. The van der Waals surface area contributed by atoms with Gasteiger partial charge in [-0.15, -0.1) is 11.3 Å². The lowest BCUT2D eigenvalue weighted by molar-refractivity contribution is -0.0116. The second kappa shape index (κ2) is 5.89.